The predicted octanol–water partition coefficient (Wildman–Crippen LogP) is 2.43. The van der Waals surface area contributed by atoms with E-state index >= 15 is 0 Å². The zero-order valence-electron chi connectivity index (χ0n) is 9.32. The molecular weight excluding hydrogens is 192 g/mol. The fourth-order valence-corrected chi connectivity index (χ4v) is 1.23. The number of rotatable bonds is 5. The number of benzene rings is 1. The van der Waals surface area contributed by atoms with E-state index in [1.165, 1.54) is 0 Å². The van der Waals surface area contributed by atoms with Gasteiger partial charge in [0.15, 0.2) is 6.29 Å². The molecule has 0 atom stereocenters. The number of hydrogen-bond donors (Lipinski definition) is 0. The van der Waals surface area contributed by atoms with Crippen molar-refractivity contribution in [2.24, 2.45) is 0 Å². The van der Waals surface area contributed by atoms with Crippen LogP contribution in [0.4, 0.5) is 0 Å². The molecule has 0 aromatic heterocycles. The molecule has 0 unspecified atom stereocenters. The summed E-state index contributed by atoms with van der Waals surface area (Å²) in [6.07, 6.45) is 0.976. The van der Waals surface area contributed by atoms with Crippen molar-refractivity contribution in [1.82, 2.24) is 0 Å². The van der Waals surface area contributed by atoms with Crippen LogP contribution in [0.3, 0.4) is 0 Å². The molecule has 15 heavy (non-hydrogen) atoms. The van der Waals surface area contributed by atoms with Crippen LogP contribution < -0.4 is 4.74 Å². The molecule has 0 N–H and O–H groups in total. The van der Waals surface area contributed by atoms with Gasteiger partial charge in [-0.3, -0.25) is 4.79 Å². The Hall–Kier alpha value is -1.35. The Balaban J connectivity index is 2.79. The molecule has 0 aliphatic carbocycles. The molecule has 1 aromatic carbocycles. The second-order valence-electron chi connectivity index (χ2n) is 3.55. The third kappa shape index (κ3) is 3.36. The van der Waals surface area contributed by atoms with Crippen LogP contribution in [0.5, 0.6) is 5.75 Å². The summed E-state index contributed by atoms with van der Waals surface area (Å²) in [4.78, 5) is 10.8. The molecule has 0 saturated heterocycles. The van der Waals surface area contributed by atoms with Crippen molar-refractivity contribution < 1.29 is 14.3 Å². The van der Waals surface area contributed by atoms with Gasteiger partial charge in [-0.25, -0.2) is 0 Å². The molecule has 0 amide bonds. The van der Waals surface area contributed by atoms with Crippen molar-refractivity contribution in [2.45, 2.75) is 26.6 Å². The quantitative estimate of drug-likeness (QED) is 0.697. The lowest BCUT2D eigenvalue weighted by Crippen LogP contribution is -2.03. The molecular formula is C12H16O3. The van der Waals surface area contributed by atoms with Crippen LogP contribution in [-0.4, -0.2) is 19.5 Å². The monoisotopic (exact) mass is 208 g/mol. The first-order chi connectivity index (χ1) is 7.17. The standard InChI is InChI=1S/C12H16O3/c1-9(2)15-8-10-4-5-12(14-3)11(6-10)7-13/h4-7,9H,8H2,1-3H3. The predicted molar refractivity (Wildman–Crippen MR) is 58.3 cm³/mol. The van der Waals surface area contributed by atoms with Crippen LogP contribution in [0.1, 0.15) is 29.8 Å². The fraction of sp³-hybridized carbons (Fsp3) is 0.417. The first-order valence-electron chi connectivity index (χ1n) is 4.91. The number of carbonyl (C=O) groups excluding carboxylic acids is 1. The minimum absolute atomic E-state index is 0.187. The summed E-state index contributed by atoms with van der Waals surface area (Å²) >= 11 is 0. The summed E-state index contributed by atoms with van der Waals surface area (Å²) < 4.78 is 10.5. The summed E-state index contributed by atoms with van der Waals surface area (Å²) in [5.41, 5.74) is 1.54. The minimum atomic E-state index is 0.187. The highest BCUT2D eigenvalue weighted by Gasteiger charge is 2.03. The van der Waals surface area contributed by atoms with E-state index in [2.05, 4.69) is 0 Å². The smallest absolute Gasteiger partial charge is 0.153 e. The average Bonchev–Trinajstić information content (AvgIpc) is 2.25. The molecule has 0 saturated carbocycles. The number of ether oxygens (including phenoxy) is 2. The number of carbonyl (C=O) groups is 1. The highest BCUT2D eigenvalue weighted by Crippen LogP contribution is 2.18. The Morgan fingerprint density at radius 2 is 2.13 bits per heavy atom. The van der Waals surface area contributed by atoms with Gasteiger partial charge in [0.1, 0.15) is 5.75 Å². The fourth-order valence-electron chi connectivity index (χ4n) is 1.23. The lowest BCUT2D eigenvalue weighted by molar-refractivity contribution is 0.0656. The Labute approximate surface area is 90.0 Å². The van der Waals surface area contributed by atoms with Gasteiger partial charge in [-0.05, 0) is 31.5 Å². The van der Waals surface area contributed by atoms with Crippen LogP contribution in [-0.2, 0) is 11.3 Å². The molecule has 0 radical (unpaired) electrons. The maximum atomic E-state index is 10.8. The minimum Gasteiger partial charge on any atom is -0.496 e. The number of aldehydes is 1. The van der Waals surface area contributed by atoms with E-state index in [9.17, 15) is 4.79 Å². The second kappa shape index (κ2) is 5.51. The van der Waals surface area contributed by atoms with Crippen LogP contribution in [0.15, 0.2) is 18.2 Å². The Kier molecular flexibility index (Phi) is 4.31. The third-order valence-electron chi connectivity index (χ3n) is 2.00. The zero-order chi connectivity index (χ0) is 11.3. The highest BCUT2D eigenvalue weighted by molar-refractivity contribution is 5.79. The summed E-state index contributed by atoms with van der Waals surface area (Å²) in [7, 11) is 1.55. The van der Waals surface area contributed by atoms with Crippen molar-refractivity contribution in [1.29, 1.82) is 0 Å². The van der Waals surface area contributed by atoms with E-state index in [0.29, 0.717) is 17.9 Å². The number of methoxy groups -OCH3 is 1. The third-order valence-corrected chi connectivity index (χ3v) is 2.00. The van der Waals surface area contributed by atoms with Crippen molar-refractivity contribution >= 4 is 6.29 Å². The topological polar surface area (TPSA) is 35.5 Å². The van der Waals surface area contributed by atoms with E-state index < -0.39 is 0 Å². The average molecular weight is 208 g/mol. The van der Waals surface area contributed by atoms with E-state index in [1.54, 1.807) is 19.2 Å². The summed E-state index contributed by atoms with van der Waals surface area (Å²) in [6, 6.07) is 5.46. The molecule has 1 aromatic rings. The van der Waals surface area contributed by atoms with E-state index in [4.69, 9.17) is 9.47 Å². The lowest BCUT2D eigenvalue weighted by atomic mass is 10.1. The largest absolute Gasteiger partial charge is 0.496 e. The first kappa shape index (κ1) is 11.7. The molecule has 0 spiro atoms. The normalized spacial score (nSPS) is 10.4. The second-order valence-corrected chi connectivity index (χ2v) is 3.55. The van der Waals surface area contributed by atoms with Gasteiger partial charge in [-0.1, -0.05) is 6.07 Å². The highest BCUT2D eigenvalue weighted by atomic mass is 16.5. The molecule has 0 heterocycles. The SMILES string of the molecule is COc1ccc(COC(C)C)cc1C=O. The number of hydrogen-bond acceptors (Lipinski definition) is 3. The molecule has 3 heteroatoms. The van der Waals surface area contributed by atoms with Gasteiger partial charge in [-0.15, -0.1) is 0 Å². The molecule has 0 aliphatic heterocycles. The molecule has 0 aliphatic rings. The maximum Gasteiger partial charge on any atom is 0.153 e. The Bertz CT molecular complexity index is 332. The van der Waals surface area contributed by atoms with Crippen LogP contribution >= 0.6 is 0 Å². The van der Waals surface area contributed by atoms with Gasteiger partial charge in [0.05, 0.1) is 25.4 Å². The van der Waals surface area contributed by atoms with Crippen molar-refractivity contribution in [3.8, 4) is 5.75 Å². The van der Waals surface area contributed by atoms with Crippen molar-refractivity contribution in [3.05, 3.63) is 29.3 Å². The molecule has 3 nitrogen and oxygen atoms in total. The summed E-state index contributed by atoms with van der Waals surface area (Å²) in [5.74, 6) is 0.596. The van der Waals surface area contributed by atoms with Crippen LogP contribution in [0, 0.1) is 0 Å². The molecule has 0 fully saturated rings. The van der Waals surface area contributed by atoms with Crippen LogP contribution in [0.25, 0.3) is 0 Å². The van der Waals surface area contributed by atoms with E-state index in [0.717, 1.165) is 11.8 Å². The van der Waals surface area contributed by atoms with Gasteiger partial charge in [0.2, 0.25) is 0 Å². The van der Waals surface area contributed by atoms with Gasteiger partial charge < -0.3 is 9.47 Å². The van der Waals surface area contributed by atoms with Gasteiger partial charge >= 0.3 is 0 Å². The molecule has 82 valence electrons. The van der Waals surface area contributed by atoms with Gasteiger partial charge in [-0.2, -0.15) is 0 Å². The van der Waals surface area contributed by atoms with Crippen molar-refractivity contribution in [3.63, 3.8) is 0 Å². The van der Waals surface area contributed by atoms with E-state index in [-0.39, 0.29) is 6.10 Å². The zero-order valence-corrected chi connectivity index (χ0v) is 9.32. The Morgan fingerprint density at radius 3 is 2.67 bits per heavy atom. The summed E-state index contributed by atoms with van der Waals surface area (Å²) in [5, 5.41) is 0. The summed E-state index contributed by atoms with van der Waals surface area (Å²) in [6.45, 7) is 4.47. The first-order valence-corrected chi connectivity index (χ1v) is 4.91. The molecule has 0 bridgehead atoms. The Morgan fingerprint density at radius 1 is 1.40 bits per heavy atom. The van der Waals surface area contributed by atoms with Crippen molar-refractivity contribution in [2.75, 3.05) is 7.11 Å². The van der Waals surface area contributed by atoms with Crippen LogP contribution in [0.2, 0.25) is 0 Å². The van der Waals surface area contributed by atoms with Gasteiger partial charge in [0.25, 0.3) is 0 Å². The maximum absolute atomic E-state index is 10.8. The molecule has 1 rings (SSSR count). The van der Waals surface area contributed by atoms with Gasteiger partial charge in [0, 0.05) is 0 Å². The van der Waals surface area contributed by atoms with E-state index in [1.807, 2.05) is 19.9 Å². The lowest BCUT2D eigenvalue weighted by Gasteiger charge is -2.09.